The van der Waals surface area contributed by atoms with Gasteiger partial charge >= 0.3 is 6.09 Å². The number of anilines is 1. The van der Waals surface area contributed by atoms with E-state index in [4.69, 9.17) is 9.47 Å². The maximum Gasteiger partial charge on any atom is 0.428 e. The zero-order valence-electron chi connectivity index (χ0n) is 15.0. The number of methoxy groups -OCH3 is 1. The zero-order chi connectivity index (χ0) is 18.3. The third-order valence-electron chi connectivity index (χ3n) is 2.78. The molecule has 7 nitrogen and oxygen atoms in total. The van der Waals surface area contributed by atoms with E-state index in [0.29, 0.717) is 17.1 Å². The summed E-state index contributed by atoms with van der Waals surface area (Å²) in [5.74, 6) is 0.321. The summed E-state index contributed by atoms with van der Waals surface area (Å²) in [6, 6.07) is 5.50. The maximum atomic E-state index is 12.1. The molecule has 0 saturated carbocycles. The molecule has 0 aliphatic heterocycles. The number of ether oxygens (including phenoxy) is 2. The lowest BCUT2D eigenvalue weighted by atomic mass is 10.2. The van der Waals surface area contributed by atoms with Crippen molar-refractivity contribution in [3.63, 3.8) is 0 Å². The normalized spacial score (nSPS) is 11.7. The maximum absolute atomic E-state index is 12.1. The van der Waals surface area contributed by atoms with Crippen molar-refractivity contribution in [3.05, 3.63) is 23.8 Å². The second kappa shape index (κ2) is 8.33. The number of benzene rings is 1. The lowest BCUT2D eigenvalue weighted by molar-refractivity contribution is -0.115. The lowest BCUT2D eigenvalue weighted by Gasteiger charge is -2.18. The summed E-state index contributed by atoms with van der Waals surface area (Å²) in [6.45, 7) is 8.83. The molecular formula is C17H25N3O4. The summed E-state index contributed by atoms with van der Waals surface area (Å²) in [6.07, 6.45) is -0.630. The minimum atomic E-state index is -0.664. The van der Waals surface area contributed by atoms with Crippen LogP contribution >= 0.6 is 0 Å². The van der Waals surface area contributed by atoms with Crippen LogP contribution in [0.3, 0.4) is 0 Å². The summed E-state index contributed by atoms with van der Waals surface area (Å²) < 4.78 is 10.3. The standard InChI is InChI=1S/C17H25N3O4/c1-11-7-8-14(23-6)13(9-11)18-15(21)10-12(2)19-20-16(22)24-17(3,4)5/h7-9H,10H2,1-6H3,(H,18,21)(H,20,22). The Kier molecular flexibility index (Phi) is 6.76. The Morgan fingerprint density at radius 3 is 2.50 bits per heavy atom. The van der Waals surface area contributed by atoms with Crippen molar-refractivity contribution in [2.24, 2.45) is 5.10 Å². The van der Waals surface area contributed by atoms with Crippen LogP contribution in [0.15, 0.2) is 23.3 Å². The van der Waals surface area contributed by atoms with Gasteiger partial charge in [0.2, 0.25) is 5.91 Å². The van der Waals surface area contributed by atoms with E-state index in [1.165, 1.54) is 7.11 Å². The monoisotopic (exact) mass is 335 g/mol. The highest BCUT2D eigenvalue weighted by Gasteiger charge is 2.16. The molecular weight excluding hydrogens is 310 g/mol. The van der Waals surface area contributed by atoms with Crippen LogP contribution < -0.4 is 15.5 Å². The van der Waals surface area contributed by atoms with Gasteiger partial charge in [0, 0.05) is 5.71 Å². The second-order valence-corrected chi connectivity index (χ2v) is 6.39. The smallest absolute Gasteiger partial charge is 0.428 e. The minimum Gasteiger partial charge on any atom is -0.495 e. The first kappa shape index (κ1) is 19.5. The Labute approximate surface area is 142 Å². The van der Waals surface area contributed by atoms with Crippen LogP contribution in [0.5, 0.6) is 5.75 Å². The number of nitrogens with one attached hydrogen (secondary N) is 2. The van der Waals surface area contributed by atoms with Crippen LogP contribution in [0.25, 0.3) is 0 Å². The molecule has 1 aromatic rings. The van der Waals surface area contributed by atoms with E-state index in [1.807, 2.05) is 19.1 Å². The third-order valence-corrected chi connectivity index (χ3v) is 2.78. The molecule has 0 aromatic heterocycles. The highest BCUT2D eigenvalue weighted by Crippen LogP contribution is 2.25. The summed E-state index contributed by atoms with van der Waals surface area (Å²) in [5, 5.41) is 6.62. The Bertz CT molecular complexity index is 633. The Balaban J connectivity index is 2.60. The Morgan fingerprint density at radius 2 is 1.92 bits per heavy atom. The molecule has 1 aromatic carbocycles. The zero-order valence-corrected chi connectivity index (χ0v) is 15.0. The van der Waals surface area contributed by atoms with E-state index in [0.717, 1.165) is 5.56 Å². The number of nitrogens with zero attached hydrogens (tertiary/aromatic N) is 1. The fourth-order valence-electron chi connectivity index (χ4n) is 1.83. The highest BCUT2D eigenvalue weighted by molar-refractivity contribution is 6.06. The number of aryl methyl sites for hydroxylation is 1. The van der Waals surface area contributed by atoms with Gasteiger partial charge in [-0.05, 0) is 52.3 Å². The first-order valence-electron chi connectivity index (χ1n) is 7.57. The molecule has 0 unspecified atom stereocenters. The quantitative estimate of drug-likeness (QED) is 0.638. The predicted octanol–water partition coefficient (Wildman–Crippen LogP) is 3.23. The summed E-state index contributed by atoms with van der Waals surface area (Å²) in [7, 11) is 1.54. The minimum absolute atomic E-state index is 0.0346. The summed E-state index contributed by atoms with van der Waals surface area (Å²) in [5.41, 5.74) is 3.70. The van der Waals surface area contributed by atoms with E-state index in [-0.39, 0.29) is 12.3 Å². The molecule has 0 radical (unpaired) electrons. The summed E-state index contributed by atoms with van der Waals surface area (Å²) >= 11 is 0. The molecule has 2 N–H and O–H groups in total. The number of carbonyl (C=O) groups excluding carboxylic acids is 2. The molecule has 2 amide bonds. The van der Waals surface area contributed by atoms with Crippen LogP contribution in [0, 0.1) is 6.92 Å². The van der Waals surface area contributed by atoms with Crippen LogP contribution in [0.4, 0.5) is 10.5 Å². The van der Waals surface area contributed by atoms with Gasteiger partial charge in [-0.25, -0.2) is 10.2 Å². The SMILES string of the molecule is COc1ccc(C)cc1NC(=O)CC(C)=NNC(=O)OC(C)(C)C. The number of rotatable bonds is 5. The molecule has 0 spiro atoms. The topological polar surface area (TPSA) is 89.0 Å². The Hall–Kier alpha value is -2.57. The molecule has 0 heterocycles. The number of hydrogen-bond acceptors (Lipinski definition) is 5. The number of hydrazone groups is 1. The molecule has 0 aliphatic rings. The first-order chi connectivity index (χ1) is 11.1. The Morgan fingerprint density at radius 1 is 1.25 bits per heavy atom. The van der Waals surface area contributed by atoms with Crippen LogP contribution in [0.1, 0.15) is 39.7 Å². The van der Waals surface area contributed by atoms with Crippen molar-refractivity contribution in [1.82, 2.24) is 5.43 Å². The van der Waals surface area contributed by atoms with Crippen molar-refractivity contribution < 1.29 is 19.1 Å². The van der Waals surface area contributed by atoms with E-state index in [2.05, 4.69) is 15.8 Å². The molecule has 0 aliphatic carbocycles. The largest absolute Gasteiger partial charge is 0.495 e. The van der Waals surface area contributed by atoms with Crippen LogP contribution in [0.2, 0.25) is 0 Å². The van der Waals surface area contributed by atoms with Crippen LogP contribution in [-0.2, 0) is 9.53 Å². The average Bonchev–Trinajstić information content (AvgIpc) is 2.43. The van der Waals surface area contributed by atoms with Gasteiger partial charge in [-0.1, -0.05) is 6.07 Å². The molecule has 0 fully saturated rings. The number of amides is 2. The fraction of sp³-hybridized carbons (Fsp3) is 0.471. The summed E-state index contributed by atoms with van der Waals surface area (Å²) in [4.78, 5) is 23.6. The number of carbonyl (C=O) groups is 2. The molecule has 132 valence electrons. The number of hydrogen-bond donors (Lipinski definition) is 2. The van der Waals surface area contributed by atoms with Gasteiger partial charge in [0.1, 0.15) is 11.4 Å². The van der Waals surface area contributed by atoms with Crippen LogP contribution in [-0.4, -0.2) is 30.4 Å². The second-order valence-electron chi connectivity index (χ2n) is 6.39. The molecule has 0 atom stereocenters. The van der Waals surface area contributed by atoms with Gasteiger partial charge < -0.3 is 14.8 Å². The molecule has 0 saturated heterocycles. The predicted molar refractivity (Wildman–Crippen MR) is 93.5 cm³/mol. The highest BCUT2D eigenvalue weighted by atomic mass is 16.6. The van der Waals surface area contributed by atoms with Gasteiger partial charge in [-0.15, -0.1) is 0 Å². The van der Waals surface area contributed by atoms with Crippen molar-refractivity contribution >= 4 is 23.4 Å². The van der Waals surface area contributed by atoms with Crippen molar-refractivity contribution in [3.8, 4) is 5.75 Å². The fourth-order valence-corrected chi connectivity index (χ4v) is 1.83. The van der Waals surface area contributed by atoms with Crippen molar-refractivity contribution in [2.75, 3.05) is 12.4 Å². The lowest BCUT2D eigenvalue weighted by Crippen LogP contribution is -2.30. The van der Waals surface area contributed by atoms with Gasteiger partial charge in [-0.2, -0.15) is 5.10 Å². The molecule has 7 heteroatoms. The molecule has 24 heavy (non-hydrogen) atoms. The van der Waals surface area contributed by atoms with Gasteiger partial charge in [0.05, 0.1) is 19.2 Å². The van der Waals surface area contributed by atoms with E-state index in [9.17, 15) is 9.59 Å². The third kappa shape index (κ3) is 7.13. The van der Waals surface area contributed by atoms with E-state index < -0.39 is 11.7 Å². The van der Waals surface area contributed by atoms with Gasteiger partial charge in [0.15, 0.2) is 0 Å². The first-order valence-corrected chi connectivity index (χ1v) is 7.57. The average molecular weight is 335 g/mol. The molecule has 0 bridgehead atoms. The van der Waals surface area contributed by atoms with Gasteiger partial charge in [-0.3, -0.25) is 4.79 Å². The van der Waals surface area contributed by atoms with Crippen molar-refractivity contribution in [2.45, 2.75) is 46.6 Å². The van der Waals surface area contributed by atoms with Gasteiger partial charge in [0.25, 0.3) is 0 Å². The van der Waals surface area contributed by atoms with E-state index >= 15 is 0 Å². The van der Waals surface area contributed by atoms with E-state index in [1.54, 1.807) is 33.8 Å². The molecule has 1 rings (SSSR count). The van der Waals surface area contributed by atoms with Crippen molar-refractivity contribution in [1.29, 1.82) is 0 Å².